The first-order valence-electron chi connectivity index (χ1n) is 17.5. The molecule has 4 bridgehead atoms. The maximum absolute atomic E-state index is 12.9. The van der Waals surface area contributed by atoms with Crippen LogP contribution in [-0.2, 0) is 32.2 Å². The number of non-ortho nitro benzene ring substituents is 2. The lowest BCUT2D eigenvalue weighted by atomic mass is 9.95. The predicted molar refractivity (Wildman–Crippen MR) is 180 cm³/mol. The molecule has 2 aromatic rings. The smallest absolute Gasteiger partial charge is 0.306 e. The summed E-state index contributed by atoms with van der Waals surface area (Å²) in [6.07, 6.45) is 6.19. The molecule has 6 rings (SSSR count). The summed E-state index contributed by atoms with van der Waals surface area (Å²) >= 11 is 0. The van der Waals surface area contributed by atoms with Gasteiger partial charge in [-0.15, -0.1) is 0 Å². The molecular weight excluding hydrogens is 648 g/mol. The number of fused-ring (bicyclic) bond motifs is 4. The number of piperidine rings is 2. The summed E-state index contributed by atoms with van der Waals surface area (Å²) in [6, 6.07) is 10.4. The Kier molecular flexibility index (Phi) is 10.0. The SMILES string of the molecule is COc1ccc([N+](=O)[O-])cc1C[N+]1(C)C2CCC1CC(OC(=O)CCC(=O)OC1CC3CCC(C1)[N+]3(C)Cc1cc([N+](=O)[O-])ccc1OC)C2. The van der Waals surface area contributed by atoms with Crippen molar-refractivity contribution in [3.8, 4) is 11.5 Å². The minimum absolute atomic E-state index is 0.0368. The van der Waals surface area contributed by atoms with Gasteiger partial charge < -0.3 is 27.9 Å². The lowest BCUT2D eigenvalue weighted by Crippen LogP contribution is -2.58. The molecule has 0 spiro atoms. The maximum atomic E-state index is 12.9. The Morgan fingerprint density at radius 3 is 1.30 bits per heavy atom. The molecule has 0 radical (unpaired) electrons. The third-order valence-electron chi connectivity index (χ3n) is 12.2. The van der Waals surface area contributed by atoms with Crippen molar-refractivity contribution in [3.63, 3.8) is 0 Å². The van der Waals surface area contributed by atoms with Crippen molar-refractivity contribution in [1.82, 2.24) is 0 Å². The number of rotatable bonds is 13. The molecule has 0 saturated carbocycles. The van der Waals surface area contributed by atoms with Crippen molar-refractivity contribution in [3.05, 3.63) is 67.8 Å². The van der Waals surface area contributed by atoms with Gasteiger partial charge in [0.2, 0.25) is 0 Å². The Morgan fingerprint density at radius 1 is 0.660 bits per heavy atom. The maximum Gasteiger partial charge on any atom is 0.306 e. The van der Waals surface area contributed by atoms with E-state index in [0.29, 0.717) is 50.3 Å². The molecule has 0 aliphatic carbocycles. The second kappa shape index (κ2) is 14.1. The van der Waals surface area contributed by atoms with Crippen LogP contribution in [0.1, 0.15) is 75.3 Å². The van der Waals surface area contributed by atoms with Gasteiger partial charge in [0, 0.05) is 75.6 Å². The van der Waals surface area contributed by atoms with Crippen LogP contribution in [0.15, 0.2) is 36.4 Å². The zero-order chi connectivity index (χ0) is 35.8. The Hall–Kier alpha value is -4.30. The van der Waals surface area contributed by atoms with Gasteiger partial charge in [-0.1, -0.05) is 0 Å². The molecule has 4 unspecified atom stereocenters. The predicted octanol–water partition coefficient (Wildman–Crippen LogP) is 5.37. The molecule has 0 aromatic heterocycles. The fraction of sp³-hybridized carbons (Fsp3) is 0.611. The summed E-state index contributed by atoms with van der Waals surface area (Å²) in [5.41, 5.74) is 1.67. The van der Waals surface area contributed by atoms with Gasteiger partial charge in [0.1, 0.15) is 36.8 Å². The van der Waals surface area contributed by atoms with Crippen LogP contribution in [0.2, 0.25) is 0 Å². The normalized spacial score (nSPS) is 31.1. The van der Waals surface area contributed by atoms with Crippen molar-refractivity contribution in [1.29, 1.82) is 0 Å². The number of carbonyl (C=O) groups is 2. The number of benzene rings is 2. The van der Waals surface area contributed by atoms with Gasteiger partial charge in [-0.3, -0.25) is 29.8 Å². The highest BCUT2D eigenvalue weighted by Crippen LogP contribution is 2.46. The van der Waals surface area contributed by atoms with Gasteiger partial charge in [0.15, 0.2) is 0 Å². The second-order valence-electron chi connectivity index (χ2n) is 15.0. The van der Waals surface area contributed by atoms with E-state index in [1.165, 1.54) is 12.1 Å². The molecule has 0 amide bonds. The Balaban J connectivity index is 0.981. The van der Waals surface area contributed by atoms with Crippen LogP contribution in [0, 0.1) is 20.2 Å². The Bertz CT molecular complexity index is 1500. The van der Waals surface area contributed by atoms with Gasteiger partial charge in [-0.2, -0.15) is 0 Å². The number of hydrogen-bond donors (Lipinski definition) is 0. The fourth-order valence-electron chi connectivity index (χ4n) is 9.53. The molecule has 50 heavy (non-hydrogen) atoms. The van der Waals surface area contributed by atoms with Gasteiger partial charge in [-0.25, -0.2) is 0 Å². The summed E-state index contributed by atoms with van der Waals surface area (Å²) in [5.74, 6) is 0.457. The van der Waals surface area contributed by atoms with E-state index in [1.54, 1.807) is 38.5 Å². The van der Waals surface area contributed by atoms with Crippen molar-refractivity contribution in [2.24, 2.45) is 0 Å². The monoisotopic (exact) mass is 696 g/mol. The third kappa shape index (κ3) is 7.00. The van der Waals surface area contributed by atoms with Gasteiger partial charge >= 0.3 is 11.9 Å². The molecular formula is C36H48N4O10+2. The second-order valence-corrected chi connectivity index (χ2v) is 15.0. The highest BCUT2D eigenvalue weighted by atomic mass is 16.6. The number of hydrogen-bond acceptors (Lipinski definition) is 10. The van der Waals surface area contributed by atoms with Gasteiger partial charge in [0.25, 0.3) is 11.4 Å². The molecule has 0 N–H and O–H groups in total. The molecule has 4 saturated heterocycles. The largest absolute Gasteiger partial charge is 0.496 e. The number of esters is 2. The molecule has 270 valence electrons. The van der Waals surface area contributed by atoms with Crippen LogP contribution in [-0.4, -0.2) is 95.4 Å². The topological polar surface area (TPSA) is 157 Å². The standard InChI is InChI=1S/C36H48N4O10/c1-39(21-23-15-25(37(43)44)5-11-33(23)47-3)27-7-8-28(39)18-31(17-27)49-35(41)13-14-36(42)50-32-19-29-9-10-30(20-32)40(29,2)22-24-16-26(38(45)46)6-12-34(24)48-4/h5-6,11-12,15-16,27-32H,7-10,13-14,17-22H2,1-4H3/q+2. The molecule has 2 aromatic carbocycles. The van der Waals surface area contributed by atoms with E-state index >= 15 is 0 Å². The molecule has 4 heterocycles. The zero-order valence-electron chi connectivity index (χ0n) is 29.3. The molecule has 4 aliphatic rings. The average molecular weight is 697 g/mol. The van der Waals surface area contributed by atoms with Crippen molar-refractivity contribution in [2.45, 2.75) is 114 Å². The molecule has 4 aliphatic heterocycles. The van der Waals surface area contributed by atoms with E-state index in [0.717, 1.165) is 45.8 Å². The zero-order valence-corrected chi connectivity index (χ0v) is 29.3. The first-order valence-corrected chi connectivity index (χ1v) is 17.5. The molecule has 14 heteroatoms. The summed E-state index contributed by atoms with van der Waals surface area (Å²) in [6.45, 7) is 1.19. The number of quaternary nitrogens is 2. The highest BCUT2D eigenvalue weighted by Gasteiger charge is 2.54. The third-order valence-corrected chi connectivity index (χ3v) is 12.2. The van der Waals surface area contributed by atoms with E-state index in [2.05, 4.69) is 14.1 Å². The van der Waals surface area contributed by atoms with Gasteiger partial charge in [-0.05, 0) is 12.1 Å². The minimum Gasteiger partial charge on any atom is -0.496 e. The summed E-state index contributed by atoms with van der Waals surface area (Å²) in [5, 5.41) is 22.8. The fourth-order valence-corrected chi connectivity index (χ4v) is 9.53. The molecule has 4 atom stereocenters. The Labute approximate surface area is 291 Å². The van der Waals surface area contributed by atoms with Crippen LogP contribution < -0.4 is 9.47 Å². The molecule has 4 fully saturated rings. The first kappa shape index (κ1) is 35.5. The van der Waals surface area contributed by atoms with E-state index in [1.807, 2.05) is 0 Å². The van der Waals surface area contributed by atoms with Crippen molar-refractivity contribution >= 4 is 23.3 Å². The van der Waals surface area contributed by atoms with Crippen LogP contribution >= 0.6 is 0 Å². The van der Waals surface area contributed by atoms with E-state index in [-0.39, 0.29) is 60.6 Å². The highest BCUT2D eigenvalue weighted by molar-refractivity contribution is 5.77. The lowest BCUT2D eigenvalue weighted by molar-refractivity contribution is -0.961. The lowest BCUT2D eigenvalue weighted by Gasteiger charge is -2.47. The number of carbonyl (C=O) groups excluding carboxylic acids is 2. The number of nitro groups is 2. The number of methoxy groups -OCH3 is 2. The summed E-state index contributed by atoms with van der Waals surface area (Å²) < 4.78 is 24.3. The first-order chi connectivity index (χ1) is 23.8. The van der Waals surface area contributed by atoms with Crippen LogP contribution in [0.4, 0.5) is 11.4 Å². The number of nitrogens with zero attached hydrogens (tertiary/aromatic N) is 4. The van der Waals surface area contributed by atoms with Crippen molar-refractivity contribution in [2.75, 3.05) is 28.3 Å². The number of nitro benzene ring substituents is 2. The number of ether oxygens (including phenoxy) is 4. The van der Waals surface area contributed by atoms with Gasteiger partial charge in [0.05, 0.1) is 86.3 Å². The van der Waals surface area contributed by atoms with Crippen LogP contribution in [0.3, 0.4) is 0 Å². The molecule has 14 nitrogen and oxygen atoms in total. The summed E-state index contributed by atoms with van der Waals surface area (Å²) in [4.78, 5) is 47.9. The average Bonchev–Trinajstić information content (AvgIpc) is 3.31. The van der Waals surface area contributed by atoms with E-state index in [4.69, 9.17) is 18.9 Å². The van der Waals surface area contributed by atoms with Crippen molar-refractivity contribution < 1.29 is 47.3 Å². The van der Waals surface area contributed by atoms with E-state index < -0.39 is 21.8 Å². The minimum atomic E-state index is -0.401. The van der Waals surface area contributed by atoms with Crippen LogP contribution in [0.5, 0.6) is 11.5 Å². The van der Waals surface area contributed by atoms with Crippen LogP contribution in [0.25, 0.3) is 0 Å². The van der Waals surface area contributed by atoms with E-state index in [9.17, 15) is 29.8 Å². The Morgan fingerprint density at radius 2 is 1.00 bits per heavy atom. The summed E-state index contributed by atoms with van der Waals surface area (Å²) in [7, 11) is 7.49. The quantitative estimate of drug-likeness (QED) is 0.115.